The van der Waals surface area contributed by atoms with Gasteiger partial charge in [0.2, 0.25) is 0 Å². The van der Waals surface area contributed by atoms with Crippen LogP contribution in [0.2, 0.25) is 0 Å². The van der Waals surface area contributed by atoms with Crippen molar-refractivity contribution in [1.82, 2.24) is 5.06 Å². The normalized spacial score (nSPS) is 39.0. The van der Waals surface area contributed by atoms with E-state index >= 15 is 0 Å². The van der Waals surface area contributed by atoms with E-state index < -0.39 is 12.2 Å². The van der Waals surface area contributed by atoms with E-state index in [1.165, 1.54) is 0 Å². The molecule has 1 rings (SSSR count). The minimum atomic E-state index is -0.851. The van der Waals surface area contributed by atoms with Gasteiger partial charge >= 0.3 is 0 Å². The molecule has 2 N–H and O–H groups in total. The average Bonchev–Trinajstić information content (AvgIpc) is 1.80. The van der Waals surface area contributed by atoms with Crippen LogP contribution in [-0.4, -0.2) is 40.6 Å². The third-order valence-electron chi connectivity index (χ3n) is 1.51. The van der Waals surface area contributed by atoms with Crippen LogP contribution in [0.1, 0.15) is 6.42 Å². The fourth-order valence-corrected chi connectivity index (χ4v) is 0.890. The summed E-state index contributed by atoms with van der Waals surface area (Å²) in [7, 11) is 0. The molecule has 0 amide bonds. The summed E-state index contributed by atoms with van der Waals surface area (Å²) in [5.41, 5.74) is 0. The molecule has 0 radical (unpaired) electrons. The molecule has 0 aliphatic carbocycles. The fraction of sp³-hybridized carbons (Fsp3) is 1.00. The minimum absolute atomic E-state index is 0.0428. The largest absolute Gasteiger partial charge is 0.785 e. The van der Waals surface area contributed by atoms with E-state index in [0.29, 0.717) is 13.0 Å². The van der Waals surface area contributed by atoms with Crippen molar-refractivity contribution in [3.05, 3.63) is 5.21 Å². The van der Waals surface area contributed by atoms with Crippen molar-refractivity contribution < 1.29 is 10.2 Å². The van der Waals surface area contributed by atoms with Crippen LogP contribution >= 0.6 is 0 Å². The Labute approximate surface area is 53.3 Å². The second kappa shape index (κ2) is 2.62. The zero-order chi connectivity index (χ0) is 6.85. The van der Waals surface area contributed by atoms with E-state index in [2.05, 4.69) is 0 Å². The number of piperidine rings is 1. The molecule has 9 heavy (non-hydrogen) atoms. The summed E-state index contributed by atoms with van der Waals surface area (Å²) in [6.07, 6.45) is -1.17. The number of hydrogen-bond acceptors (Lipinski definition) is 4. The second-order valence-electron chi connectivity index (χ2n) is 2.31. The van der Waals surface area contributed by atoms with Gasteiger partial charge in [0.15, 0.2) is 0 Å². The molecule has 0 aromatic rings. The van der Waals surface area contributed by atoms with Gasteiger partial charge in [0.1, 0.15) is 0 Å². The number of hydrogen-bond donors (Lipinski definition) is 2. The van der Waals surface area contributed by atoms with Crippen molar-refractivity contribution in [3.63, 3.8) is 0 Å². The van der Waals surface area contributed by atoms with E-state index in [1.54, 1.807) is 0 Å². The Kier molecular flexibility index (Phi) is 2.02. The second-order valence-corrected chi connectivity index (χ2v) is 2.31. The van der Waals surface area contributed by atoms with Crippen molar-refractivity contribution in [1.29, 1.82) is 0 Å². The highest BCUT2D eigenvalue weighted by Gasteiger charge is 2.20. The molecule has 1 saturated heterocycles. The molecule has 0 aromatic heterocycles. The van der Waals surface area contributed by atoms with Gasteiger partial charge in [-0.1, -0.05) is 0 Å². The molecule has 1 heterocycles. The predicted octanol–water partition coefficient (Wildman–Crippen LogP) is -1.09. The summed E-state index contributed by atoms with van der Waals surface area (Å²) in [4.78, 5) is 0. The smallest absolute Gasteiger partial charge is 0.0916 e. The number of aliphatic hydroxyl groups is 2. The first-order chi connectivity index (χ1) is 4.20. The third-order valence-corrected chi connectivity index (χ3v) is 1.51. The molecule has 0 bridgehead atoms. The Balaban J connectivity index is 2.35. The quantitative estimate of drug-likeness (QED) is 0.439. The molecule has 4 heteroatoms. The van der Waals surface area contributed by atoms with Gasteiger partial charge in [-0.3, -0.25) is 0 Å². The number of nitrogens with zero attached hydrogens (tertiary/aromatic N) is 1. The Bertz CT molecular complexity index is 98.2. The maximum Gasteiger partial charge on any atom is 0.0916 e. The summed E-state index contributed by atoms with van der Waals surface area (Å²) in [6, 6.07) is 0. The number of β-amino-alcohol motifs (C(OH)–C–C–N with tert-alkyl or cyclic N) is 1. The predicted molar refractivity (Wildman–Crippen MR) is 31.6 cm³/mol. The van der Waals surface area contributed by atoms with E-state index in [4.69, 9.17) is 10.2 Å². The van der Waals surface area contributed by atoms with E-state index in [-0.39, 0.29) is 6.54 Å². The van der Waals surface area contributed by atoms with E-state index in [1.807, 2.05) is 0 Å². The summed E-state index contributed by atoms with van der Waals surface area (Å²) in [5, 5.41) is 29.0. The molecular formula is C5H10NO3-. The highest BCUT2D eigenvalue weighted by Crippen LogP contribution is 2.08. The van der Waals surface area contributed by atoms with Crippen molar-refractivity contribution in [3.8, 4) is 0 Å². The first-order valence-corrected chi connectivity index (χ1v) is 2.98. The molecule has 2 atom stereocenters. The molecule has 0 aromatic carbocycles. The van der Waals surface area contributed by atoms with E-state index in [0.717, 1.165) is 5.06 Å². The van der Waals surface area contributed by atoms with Gasteiger partial charge in [-0.25, -0.2) is 0 Å². The molecule has 1 fully saturated rings. The Morgan fingerprint density at radius 1 is 1.33 bits per heavy atom. The molecule has 2 unspecified atom stereocenters. The van der Waals surface area contributed by atoms with Crippen molar-refractivity contribution in [2.24, 2.45) is 0 Å². The average molecular weight is 132 g/mol. The number of hydroxylamine groups is 2. The number of rotatable bonds is 0. The van der Waals surface area contributed by atoms with Crippen LogP contribution in [0.4, 0.5) is 0 Å². The first kappa shape index (κ1) is 6.95. The monoisotopic (exact) mass is 132 g/mol. The molecule has 4 nitrogen and oxygen atoms in total. The van der Waals surface area contributed by atoms with Crippen LogP contribution in [0.5, 0.6) is 0 Å². The lowest BCUT2D eigenvalue weighted by Crippen LogP contribution is -2.43. The molecule has 1 aliphatic rings. The molecular weight excluding hydrogens is 122 g/mol. The lowest BCUT2D eigenvalue weighted by atomic mass is 10.1. The van der Waals surface area contributed by atoms with Crippen molar-refractivity contribution >= 4 is 0 Å². The van der Waals surface area contributed by atoms with Gasteiger partial charge in [-0.05, 0) is 13.0 Å². The zero-order valence-corrected chi connectivity index (χ0v) is 5.03. The topological polar surface area (TPSA) is 66.8 Å². The fourth-order valence-electron chi connectivity index (χ4n) is 0.890. The van der Waals surface area contributed by atoms with Crippen LogP contribution in [0.15, 0.2) is 0 Å². The van der Waals surface area contributed by atoms with Crippen LogP contribution < -0.4 is 0 Å². The standard InChI is InChI=1S/C5H10NO3/c7-4-1-2-6(9)3-5(4)8/h4-5,7-8H,1-3H2/q-1. The summed E-state index contributed by atoms with van der Waals surface area (Å²) < 4.78 is 0. The van der Waals surface area contributed by atoms with Gasteiger partial charge in [-0.2, -0.15) is 0 Å². The van der Waals surface area contributed by atoms with E-state index in [9.17, 15) is 5.21 Å². The lowest BCUT2D eigenvalue weighted by molar-refractivity contribution is -0.0268. The van der Waals surface area contributed by atoms with Gasteiger partial charge in [0.25, 0.3) is 0 Å². The van der Waals surface area contributed by atoms with Gasteiger partial charge < -0.3 is 20.5 Å². The zero-order valence-electron chi connectivity index (χ0n) is 5.03. The molecule has 1 aliphatic heterocycles. The molecule has 0 saturated carbocycles. The summed E-state index contributed by atoms with van der Waals surface area (Å²) in [5.74, 6) is 0. The lowest BCUT2D eigenvalue weighted by Gasteiger charge is -2.37. The van der Waals surface area contributed by atoms with Crippen LogP contribution in [0.3, 0.4) is 0 Å². The third kappa shape index (κ3) is 1.62. The van der Waals surface area contributed by atoms with Crippen LogP contribution in [0.25, 0.3) is 0 Å². The van der Waals surface area contributed by atoms with Crippen LogP contribution in [-0.2, 0) is 0 Å². The van der Waals surface area contributed by atoms with Gasteiger partial charge in [0.05, 0.1) is 12.2 Å². The first-order valence-electron chi connectivity index (χ1n) is 2.98. The van der Waals surface area contributed by atoms with Crippen molar-refractivity contribution in [2.45, 2.75) is 18.6 Å². The Morgan fingerprint density at radius 3 is 2.44 bits per heavy atom. The maximum absolute atomic E-state index is 10.5. The summed E-state index contributed by atoms with van der Waals surface area (Å²) in [6.45, 7) is 0.374. The SMILES string of the molecule is [O-]N1CCC(O)C(O)C1. The number of aliphatic hydroxyl groups excluding tert-OH is 2. The minimum Gasteiger partial charge on any atom is -0.785 e. The Morgan fingerprint density at radius 2 is 2.00 bits per heavy atom. The maximum atomic E-state index is 10.5. The molecule has 54 valence electrons. The Hall–Kier alpha value is -0.160. The van der Waals surface area contributed by atoms with Crippen LogP contribution in [0, 0.1) is 5.21 Å². The van der Waals surface area contributed by atoms with Gasteiger partial charge in [0, 0.05) is 6.54 Å². The highest BCUT2D eigenvalue weighted by molar-refractivity contribution is 4.78. The highest BCUT2D eigenvalue weighted by atomic mass is 16.5. The summed E-state index contributed by atoms with van der Waals surface area (Å²) >= 11 is 0. The van der Waals surface area contributed by atoms with Crippen molar-refractivity contribution in [2.75, 3.05) is 13.1 Å². The van der Waals surface area contributed by atoms with Gasteiger partial charge in [-0.15, -0.1) is 0 Å². The molecule has 0 spiro atoms.